The third kappa shape index (κ3) is 14.1. The Morgan fingerprint density at radius 3 is 2.28 bits per heavy atom. The Kier molecular flexibility index (Phi) is 16.5. The molecule has 0 aliphatic carbocycles. The van der Waals surface area contributed by atoms with Crippen LogP contribution in [0.3, 0.4) is 0 Å². The molecule has 0 saturated carbocycles. The van der Waals surface area contributed by atoms with Gasteiger partial charge in [0.05, 0.1) is 19.3 Å². The van der Waals surface area contributed by atoms with Gasteiger partial charge in [-0.2, -0.15) is 0 Å². The van der Waals surface area contributed by atoms with Crippen LogP contribution in [0.4, 0.5) is 0 Å². The van der Waals surface area contributed by atoms with Gasteiger partial charge < -0.3 is 24.8 Å². The molecule has 4 unspecified atom stereocenters. The molecule has 4 atom stereocenters. The number of carbonyl (C=O) groups excluding carboxylic acids is 3. The minimum absolute atomic E-state index is 0.0793. The smallest absolute Gasteiger partial charge is 0.325 e. The Balaban J connectivity index is 2.57. The highest BCUT2D eigenvalue weighted by atomic mass is 16.5. The van der Waals surface area contributed by atoms with E-state index in [9.17, 15) is 14.4 Å². The molecule has 0 heterocycles. The van der Waals surface area contributed by atoms with Gasteiger partial charge in [0, 0.05) is 38.3 Å². The van der Waals surface area contributed by atoms with Crippen molar-refractivity contribution in [2.75, 3.05) is 27.9 Å². The molecule has 0 radical (unpaired) electrons. The SMILES string of the molecule is COC(=O)CNC(=O)/C=C\C/C=C\NC(=O)/C=C(C)/C=C/C(C)C(OC)C(C)C(/C=C/c1ccccc1)OC. The summed E-state index contributed by atoms with van der Waals surface area (Å²) in [4.78, 5) is 34.7. The maximum absolute atomic E-state index is 12.2. The van der Waals surface area contributed by atoms with Gasteiger partial charge in [0.1, 0.15) is 6.54 Å². The van der Waals surface area contributed by atoms with Crippen molar-refractivity contribution in [3.63, 3.8) is 0 Å². The molecule has 0 fully saturated rings. The van der Waals surface area contributed by atoms with Crippen molar-refractivity contribution in [1.82, 2.24) is 10.6 Å². The molecule has 1 aromatic carbocycles. The Morgan fingerprint density at radius 2 is 1.64 bits per heavy atom. The summed E-state index contributed by atoms with van der Waals surface area (Å²) in [5.74, 6) is -1.01. The third-order valence-corrected chi connectivity index (χ3v) is 5.92. The zero-order valence-electron chi connectivity index (χ0n) is 23.8. The summed E-state index contributed by atoms with van der Waals surface area (Å²) in [5, 5.41) is 5.06. The lowest BCUT2D eigenvalue weighted by molar-refractivity contribution is -0.140. The first-order valence-corrected chi connectivity index (χ1v) is 12.8. The highest BCUT2D eigenvalue weighted by Crippen LogP contribution is 2.24. The molecule has 8 nitrogen and oxygen atoms in total. The normalized spacial score (nSPS) is 15.5. The maximum Gasteiger partial charge on any atom is 0.325 e. The topological polar surface area (TPSA) is 103 Å². The molecule has 212 valence electrons. The van der Waals surface area contributed by atoms with Gasteiger partial charge in [0.15, 0.2) is 0 Å². The van der Waals surface area contributed by atoms with Crippen LogP contribution in [0, 0.1) is 11.8 Å². The van der Waals surface area contributed by atoms with E-state index in [1.807, 2.05) is 49.4 Å². The second-order valence-electron chi connectivity index (χ2n) is 8.98. The average Bonchev–Trinajstić information content (AvgIpc) is 2.93. The number of carbonyl (C=O) groups is 3. The number of allylic oxidation sites excluding steroid dienone is 4. The first-order chi connectivity index (χ1) is 18.7. The fraction of sp³-hybridized carbons (Fsp3) is 0.387. The number of hydrogen-bond acceptors (Lipinski definition) is 6. The maximum atomic E-state index is 12.2. The summed E-state index contributed by atoms with van der Waals surface area (Å²) in [6, 6.07) is 10.1. The molecule has 0 saturated heterocycles. The minimum Gasteiger partial charge on any atom is -0.468 e. The molecule has 39 heavy (non-hydrogen) atoms. The summed E-state index contributed by atoms with van der Waals surface area (Å²) >= 11 is 0. The van der Waals surface area contributed by atoms with Crippen LogP contribution in [0.15, 0.2) is 84.6 Å². The van der Waals surface area contributed by atoms with Gasteiger partial charge in [-0.05, 0) is 30.6 Å². The predicted molar refractivity (Wildman–Crippen MR) is 154 cm³/mol. The van der Waals surface area contributed by atoms with E-state index in [0.29, 0.717) is 6.42 Å². The molecular weight excluding hydrogens is 496 g/mol. The lowest BCUT2D eigenvalue weighted by Gasteiger charge is -2.30. The van der Waals surface area contributed by atoms with Gasteiger partial charge in [-0.15, -0.1) is 0 Å². The Hall–Kier alpha value is -3.75. The van der Waals surface area contributed by atoms with Gasteiger partial charge in [0.2, 0.25) is 11.8 Å². The quantitative estimate of drug-likeness (QED) is 0.184. The van der Waals surface area contributed by atoms with Crippen LogP contribution in [-0.2, 0) is 28.6 Å². The van der Waals surface area contributed by atoms with E-state index in [1.54, 1.807) is 26.4 Å². The summed E-state index contributed by atoms with van der Waals surface area (Å²) in [6.45, 7) is 5.85. The van der Waals surface area contributed by atoms with Gasteiger partial charge in [0.25, 0.3) is 0 Å². The average molecular weight is 539 g/mol. The van der Waals surface area contributed by atoms with Gasteiger partial charge in [-0.3, -0.25) is 14.4 Å². The lowest BCUT2D eigenvalue weighted by atomic mass is 9.88. The number of rotatable bonds is 16. The molecule has 0 aliphatic heterocycles. The zero-order valence-corrected chi connectivity index (χ0v) is 23.8. The first-order valence-electron chi connectivity index (χ1n) is 12.8. The van der Waals surface area contributed by atoms with Crippen molar-refractivity contribution in [1.29, 1.82) is 0 Å². The fourth-order valence-corrected chi connectivity index (χ4v) is 3.80. The monoisotopic (exact) mass is 538 g/mol. The van der Waals surface area contributed by atoms with Crippen LogP contribution in [-0.4, -0.2) is 57.9 Å². The van der Waals surface area contributed by atoms with E-state index in [1.165, 1.54) is 25.5 Å². The predicted octanol–water partition coefficient (Wildman–Crippen LogP) is 4.37. The Bertz CT molecular complexity index is 1040. The standard InChI is InChI=1S/C31H42N2O6/c1-23(21-29(35)32-20-12-8-11-15-28(34)33-22-30(36)38-5)16-17-24(2)31(39-6)25(3)27(37-4)19-18-26-13-9-7-10-14-26/h7,9-21,24-25,27,31H,8,22H2,1-6H3,(H,32,35)(H,33,34)/b15-11-,17-16+,19-18+,20-12-,23-21+. The van der Waals surface area contributed by atoms with Crippen LogP contribution >= 0.6 is 0 Å². The van der Waals surface area contributed by atoms with Gasteiger partial charge >= 0.3 is 5.97 Å². The van der Waals surface area contributed by atoms with Crippen LogP contribution in [0.25, 0.3) is 6.08 Å². The summed E-state index contributed by atoms with van der Waals surface area (Å²) in [6.07, 6.45) is 15.9. The fourth-order valence-electron chi connectivity index (χ4n) is 3.80. The van der Waals surface area contributed by atoms with E-state index >= 15 is 0 Å². The van der Waals surface area contributed by atoms with Crippen molar-refractivity contribution in [3.05, 3.63) is 90.2 Å². The van der Waals surface area contributed by atoms with Crippen molar-refractivity contribution in [2.24, 2.45) is 11.8 Å². The second kappa shape index (κ2) is 19.3. The van der Waals surface area contributed by atoms with E-state index in [-0.39, 0.29) is 36.5 Å². The number of ether oxygens (including phenoxy) is 3. The number of benzene rings is 1. The molecule has 1 aromatic rings. The molecular formula is C31H42N2O6. The second-order valence-corrected chi connectivity index (χ2v) is 8.98. The molecule has 0 aromatic heterocycles. The highest BCUT2D eigenvalue weighted by molar-refractivity contribution is 5.90. The van der Waals surface area contributed by atoms with E-state index < -0.39 is 11.9 Å². The molecule has 2 amide bonds. The summed E-state index contributed by atoms with van der Waals surface area (Å²) in [7, 11) is 4.65. The van der Waals surface area contributed by atoms with Crippen molar-refractivity contribution in [2.45, 2.75) is 39.4 Å². The van der Waals surface area contributed by atoms with Crippen molar-refractivity contribution in [3.8, 4) is 0 Å². The van der Waals surface area contributed by atoms with Gasteiger partial charge in [-0.25, -0.2) is 0 Å². The third-order valence-electron chi connectivity index (χ3n) is 5.92. The number of amides is 2. The zero-order chi connectivity index (χ0) is 29.0. The Morgan fingerprint density at radius 1 is 0.923 bits per heavy atom. The summed E-state index contributed by atoms with van der Waals surface area (Å²) < 4.78 is 16.0. The summed E-state index contributed by atoms with van der Waals surface area (Å²) in [5.41, 5.74) is 1.91. The molecule has 2 N–H and O–H groups in total. The number of hydrogen-bond donors (Lipinski definition) is 2. The minimum atomic E-state index is -0.522. The highest BCUT2D eigenvalue weighted by Gasteiger charge is 2.27. The van der Waals surface area contributed by atoms with Crippen LogP contribution in [0.2, 0.25) is 0 Å². The molecule has 0 spiro atoms. The number of methoxy groups -OCH3 is 3. The van der Waals surface area contributed by atoms with Crippen molar-refractivity contribution >= 4 is 23.9 Å². The lowest BCUT2D eigenvalue weighted by Crippen LogP contribution is -2.35. The van der Waals surface area contributed by atoms with E-state index in [4.69, 9.17) is 9.47 Å². The van der Waals surface area contributed by atoms with Crippen LogP contribution in [0.1, 0.15) is 32.8 Å². The van der Waals surface area contributed by atoms with Crippen LogP contribution < -0.4 is 10.6 Å². The van der Waals surface area contributed by atoms with E-state index in [2.05, 4.69) is 41.4 Å². The van der Waals surface area contributed by atoms with Crippen LogP contribution in [0.5, 0.6) is 0 Å². The molecule has 0 aliphatic rings. The van der Waals surface area contributed by atoms with Gasteiger partial charge in [-0.1, -0.05) is 80.6 Å². The number of esters is 1. The largest absolute Gasteiger partial charge is 0.468 e. The van der Waals surface area contributed by atoms with E-state index in [0.717, 1.165) is 11.1 Å². The molecule has 1 rings (SSSR count). The molecule has 8 heteroatoms. The first kappa shape index (κ1) is 33.3. The molecule has 0 bridgehead atoms. The number of nitrogens with one attached hydrogen (secondary N) is 2. The van der Waals surface area contributed by atoms with Crippen molar-refractivity contribution < 1.29 is 28.6 Å². The Labute approximate surface area is 232 Å².